The van der Waals surface area contributed by atoms with Crippen LogP contribution < -0.4 is 0 Å². The summed E-state index contributed by atoms with van der Waals surface area (Å²) in [5.41, 5.74) is 0. The first-order valence-corrected chi connectivity index (χ1v) is 6.83. The second kappa shape index (κ2) is 7.91. The lowest BCUT2D eigenvalue weighted by Crippen LogP contribution is -2.18. The summed E-state index contributed by atoms with van der Waals surface area (Å²) in [6.45, 7) is 0. The Morgan fingerprint density at radius 2 is 1.00 bits per heavy atom. The van der Waals surface area contributed by atoms with Gasteiger partial charge in [-0.1, -0.05) is 0 Å². The summed E-state index contributed by atoms with van der Waals surface area (Å²) in [6, 6.07) is 0. The molecule has 0 saturated heterocycles. The van der Waals surface area contributed by atoms with Crippen molar-refractivity contribution in [3.05, 3.63) is 0 Å². The fraction of sp³-hybridized carbons (Fsp3) is 0.833. The van der Waals surface area contributed by atoms with Gasteiger partial charge in [0.05, 0.1) is 0 Å². The lowest BCUT2D eigenvalue weighted by Gasteiger charge is -2.10. The third-order valence-electron chi connectivity index (χ3n) is 3.36. The number of rotatable bonds is 5. The first kappa shape index (κ1) is 14.9. The molecule has 2 aliphatic rings. The van der Waals surface area contributed by atoms with Crippen LogP contribution in [-0.2, 0) is 29.3 Å². The van der Waals surface area contributed by atoms with Crippen LogP contribution in [0.25, 0.3) is 0 Å². The largest absolute Gasteiger partial charge is 0.543 e. The molecule has 2 fully saturated rings. The maximum atomic E-state index is 11.1. The molecule has 0 N–H and O–H groups in total. The zero-order chi connectivity index (χ0) is 14.2. The average molecular weight is 290 g/mol. The molecule has 0 radical (unpaired) electrons. The molecule has 2 aliphatic carbocycles. The zero-order valence-electron chi connectivity index (χ0n) is 11.1. The molecular formula is C12H18O8. The van der Waals surface area contributed by atoms with E-state index in [9.17, 15) is 9.59 Å². The van der Waals surface area contributed by atoms with Gasteiger partial charge in [0.25, 0.3) is 0 Å². The molecule has 2 rings (SSSR count). The Hall–Kier alpha value is -1.54. The van der Waals surface area contributed by atoms with Gasteiger partial charge in [-0.05, 0) is 51.4 Å². The van der Waals surface area contributed by atoms with Crippen LogP contribution in [0.1, 0.15) is 51.4 Å². The van der Waals surface area contributed by atoms with Gasteiger partial charge in [-0.15, -0.1) is 0 Å². The standard InChI is InChI=1S/C12H18O8/c13-11(15-9-5-1-2-6-9)17-19-20-18-12(14)16-10-7-3-4-8-10/h9-10H,1-8H2. The molecule has 2 saturated carbocycles. The van der Waals surface area contributed by atoms with Crippen molar-refractivity contribution < 1.29 is 38.9 Å². The molecule has 0 spiro atoms. The van der Waals surface area contributed by atoms with E-state index in [-0.39, 0.29) is 12.2 Å². The molecule has 0 unspecified atom stereocenters. The van der Waals surface area contributed by atoms with E-state index in [1.165, 1.54) is 0 Å². The number of carbonyl (C=O) groups is 2. The van der Waals surface area contributed by atoms with Crippen molar-refractivity contribution >= 4 is 12.3 Å². The van der Waals surface area contributed by atoms with Crippen molar-refractivity contribution in [3.8, 4) is 0 Å². The van der Waals surface area contributed by atoms with E-state index in [0.29, 0.717) is 0 Å². The summed E-state index contributed by atoms with van der Waals surface area (Å²) in [5.74, 6) is 0. The Kier molecular flexibility index (Phi) is 5.87. The predicted molar refractivity (Wildman–Crippen MR) is 61.8 cm³/mol. The van der Waals surface area contributed by atoms with Crippen LogP contribution in [0.5, 0.6) is 0 Å². The van der Waals surface area contributed by atoms with Gasteiger partial charge in [-0.25, -0.2) is 19.4 Å². The summed E-state index contributed by atoms with van der Waals surface area (Å²) in [7, 11) is 0. The van der Waals surface area contributed by atoms with Crippen LogP contribution in [0.15, 0.2) is 0 Å². The van der Waals surface area contributed by atoms with Crippen molar-refractivity contribution in [1.82, 2.24) is 0 Å². The third kappa shape index (κ3) is 5.22. The van der Waals surface area contributed by atoms with E-state index in [0.717, 1.165) is 51.4 Å². The number of carbonyl (C=O) groups excluding carboxylic acids is 2. The normalized spacial score (nSPS) is 19.8. The van der Waals surface area contributed by atoms with Crippen LogP contribution in [-0.4, -0.2) is 24.5 Å². The van der Waals surface area contributed by atoms with Gasteiger partial charge >= 0.3 is 12.3 Å². The molecule has 0 aromatic heterocycles. The van der Waals surface area contributed by atoms with Gasteiger partial charge in [0, 0.05) is 10.1 Å². The maximum Gasteiger partial charge on any atom is 0.543 e. The van der Waals surface area contributed by atoms with Crippen molar-refractivity contribution in [2.24, 2.45) is 0 Å². The first-order chi connectivity index (χ1) is 9.74. The monoisotopic (exact) mass is 290 g/mol. The number of hydrogen-bond acceptors (Lipinski definition) is 8. The quantitative estimate of drug-likeness (QED) is 0.330. The van der Waals surface area contributed by atoms with Gasteiger partial charge in [0.15, 0.2) is 0 Å². The highest BCUT2D eigenvalue weighted by Crippen LogP contribution is 2.22. The van der Waals surface area contributed by atoms with Gasteiger partial charge in [-0.3, -0.25) is 0 Å². The molecule has 0 aromatic carbocycles. The lowest BCUT2D eigenvalue weighted by molar-refractivity contribution is -0.601. The predicted octanol–water partition coefficient (Wildman–Crippen LogP) is 2.96. The van der Waals surface area contributed by atoms with Crippen LogP contribution in [0.3, 0.4) is 0 Å². The van der Waals surface area contributed by atoms with Crippen LogP contribution in [0, 0.1) is 0 Å². The maximum absolute atomic E-state index is 11.1. The molecule has 0 amide bonds. The van der Waals surface area contributed by atoms with Crippen molar-refractivity contribution in [3.63, 3.8) is 0 Å². The highest BCUT2D eigenvalue weighted by molar-refractivity contribution is 5.59. The second-order valence-corrected chi connectivity index (χ2v) is 4.85. The molecule has 0 bridgehead atoms. The van der Waals surface area contributed by atoms with E-state index < -0.39 is 12.3 Å². The third-order valence-corrected chi connectivity index (χ3v) is 3.36. The van der Waals surface area contributed by atoms with Crippen LogP contribution in [0.2, 0.25) is 0 Å². The minimum absolute atomic E-state index is 0.153. The molecule has 0 atom stereocenters. The Labute approximate surface area is 116 Å². The topological polar surface area (TPSA) is 89.5 Å². The van der Waals surface area contributed by atoms with E-state index in [2.05, 4.69) is 19.9 Å². The average Bonchev–Trinajstić information content (AvgIpc) is 3.08. The van der Waals surface area contributed by atoms with Crippen LogP contribution >= 0.6 is 0 Å². The van der Waals surface area contributed by atoms with E-state index >= 15 is 0 Å². The summed E-state index contributed by atoms with van der Waals surface area (Å²) in [5, 5.41) is 7.89. The van der Waals surface area contributed by atoms with E-state index in [1.807, 2.05) is 0 Å². The molecule has 20 heavy (non-hydrogen) atoms. The van der Waals surface area contributed by atoms with Gasteiger partial charge in [0.2, 0.25) is 0 Å². The first-order valence-electron chi connectivity index (χ1n) is 6.83. The Bertz CT molecular complexity index is 287. The highest BCUT2D eigenvalue weighted by atomic mass is 17.7. The SMILES string of the molecule is O=C(OOOOC(=O)OC1CCCC1)OC1CCCC1. The fourth-order valence-corrected chi connectivity index (χ4v) is 2.41. The van der Waals surface area contributed by atoms with Crippen molar-refractivity contribution in [1.29, 1.82) is 0 Å². The summed E-state index contributed by atoms with van der Waals surface area (Å²) < 4.78 is 9.78. The lowest BCUT2D eigenvalue weighted by atomic mass is 10.3. The molecule has 0 aliphatic heterocycles. The number of ether oxygens (including phenoxy) is 2. The Morgan fingerprint density at radius 1 is 0.650 bits per heavy atom. The van der Waals surface area contributed by atoms with E-state index in [4.69, 9.17) is 9.47 Å². The van der Waals surface area contributed by atoms with Gasteiger partial charge in [-0.2, -0.15) is 0 Å². The molecule has 8 heteroatoms. The summed E-state index contributed by atoms with van der Waals surface area (Å²) >= 11 is 0. The Balaban J connectivity index is 1.47. The zero-order valence-corrected chi connectivity index (χ0v) is 11.1. The summed E-state index contributed by atoms with van der Waals surface area (Å²) in [6.07, 6.45) is 4.92. The van der Waals surface area contributed by atoms with Crippen molar-refractivity contribution in [2.75, 3.05) is 0 Å². The molecule has 114 valence electrons. The Morgan fingerprint density at radius 3 is 1.35 bits per heavy atom. The summed E-state index contributed by atoms with van der Waals surface area (Å²) in [4.78, 5) is 30.4. The van der Waals surface area contributed by atoms with Gasteiger partial charge < -0.3 is 9.47 Å². The van der Waals surface area contributed by atoms with Crippen LogP contribution in [0.4, 0.5) is 9.59 Å². The van der Waals surface area contributed by atoms with E-state index in [1.54, 1.807) is 0 Å². The molecule has 0 aromatic rings. The van der Waals surface area contributed by atoms with Gasteiger partial charge in [0.1, 0.15) is 12.2 Å². The van der Waals surface area contributed by atoms with Crippen molar-refractivity contribution in [2.45, 2.75) is 63.6 Å². The highest BCUT2D eigenvalue weighted by Gasteiger charge is 2.22. The second-order valence-electron chi connectivity index (χ2n) is 4.85. The fourth-order valence-electron chi connectivity index (χ4n) is 2.41. The smallest absolute Gasteiger partial charge is 0.429 e. The minimum atomic E-state index is -1.04. The molecule has 8 nitrogen and oxygen atoms in total. The molecular weight excluding hydrogens is 272 g/mol. The number of hydrogen-bond donors (Lipinski definition) is 0. The molecule has 0 heterocycles. The minimum Gasteiger partial charge on any atom is -0.429 e.